The maximum atomic E-state index is 13.0. The number of fused-ring (bicyclic) bond motifs is 2. The lowest BCUT2D eigenvalue weighted by atomic mass is 9.89. The standard InChI is InChI=1S/C30H25ClN6O8S/c31-28-35-24(32)20-25(36-28)37(12-33-20)26-21(40)30(43)22(44-26)23(30)45-29(27(41)42,18-11-46-13-34-18)10-14-5-7-15(8-6-14)17-4-2-1-3-16(17)9-19(38)39/h1-8,11-13,21-23,26,40,43H,9-10H2,(H,38,39)(H,41,42)(H2,32,35,36)/t21-,22+,23?,26+,29+,30-/m0/s1. The number of hydrogen-bond donors (Lipinski definition) is 5. The van der Waals surface area contributed by atoms with E-state index in [1.807, 2.05) is 12.1 Å². The van der Waals surface area contributed by atoms with Gasteiger partial charge in [-0.15, -0.1) is 11.3 Å². The van der Waals surface area contributed by atoms with Gasteiger partial charge >= 0.3 is 11.9 Å². The van der Waals surface area contributed by atoms with E-state index in [-0.39, 0.29) is 40.8 Å². The molecule has 5 aromatic rings. The number of halogens is 1. The summed E-state index contributed by atoms with van der Waals surface area (Å²) in [5.41, 5.74) is 6.59. The topological polar surface area (TPSA) is 216 Å². The summed E-state index contributed by atoms with van der Waals surface area (Å²) in [4.78, 5) is 40.8. The molecule has 1 aliphatic carbocycles. The van der Waals surface area contributed by atoms with Crippen LogP contribution in [-0.4, -0.2) is 80.8 Å². The number of aliphatic hydroxyl groups is 2. The molecule has 0 radical (unpaired) electrons. The number of ether oxygens (including phenoxy) is 2. The van der Waals surface area contributed by atoms with Crippen molar-refractivity contribution >= 4 is 51.9 Å². The number of rotatable bonds is 10. The van der Waals surface area contributed by atoms with Crippen LogP contribution >= 0.6 is 22.9 Å². The fourth-order valence-corrected chi connectivity index (χ4v) is 6.82. The lowest BCUT2D eigenvalue weighted by molar-refractivity contribution is -0.186. The average Bonchev–Trinajstić information content (AvgIpc) is 3.52. The number of hydrogen-bond acceptors (Lipinski definition) is 12. The Labute approximate surface area is 268 Å². The molecule has 14 nitrogen and oxygen atoms in total. The number of thiazole rings is 1. The van der Waals surface area contributed by atoms with Gasteiger partial charge < -0.3 is 35.6 Å². The molecule has 0 spiro atoms. The van der Waals surface area contributed by atoms with Gasteiger partial charge in [-0.3, -0.25) is 9.36 Å². The fraction of sp³-hybridized carbons (Fsp3) is 0.267. The van der Waals surface area contributed by atoms with Crippen LogP contribution in [-0.2, 0) is 37.5 Å². The van der Waals surface area contributed by atoms with Gasteiger partial charge in [-0.1, -0.05) is 48.5 Å². The van der Waals surface area contributed by atoms with Crippen molar-refractivity contribution in [2.75, 3.05) is 5.73 Å². The molecular weight excluding hydrogens is 640 g/mol. The van der Waals surface area contributed by atoms with Crippen molar-refractivity contribution in [3.63, 3.8) is 0 Å². The first kappa shape index (κ1) is 30.2. The molecule has 16 heteroatoms. The van der Waals surface area contributed by atoms with E-state index >= 15 is 0 Å². The van der Waals surface area contributed by atoms with Crippen LogP contribution in [0.15, 0.2) is 65.7 Å². The highest BCUT2D eigenvalue weighted by Crippen LogP contribution is 2.57. The zero-order valence-electron chi connectivity index (χ0n) is 23.6. The minimum absolute atomic E-state index is 0.0262. The zero-order valence-corrected chi connectivity index (χ0v) is 25.2. The lowest BCUT2D eigenvalue weighted by Crippen LogP contribution is -2.46. The van der Waals surface area contributed by atoms with E-state index in [0.717, 1.165) is 11.1 Å². The highest BCUT2D eigenvalue weighted by molar-refractivity contribution is 7.07. The molecule has 46 heavy (non-hydrogen) atoms. The number of nitrogen functional groups attached to an aromatic ring is 1. The molecule has 7 rings (SSSR count). The van der Waals surface area contributed by atoms with Gasteiger partial charge in [-0.2, -0.15) is 9.97 Å². The molecule has 2 aliphatic rings. The van der Waals surface area contributed by atoms with Crippen LogP contribution in [0.5, 0.6) is 0 Å². The van der Waals surface area contributed by atoms with E-state index in [4.69, 9.17) is 26.8 Å². The largest absolute Gasteiger partial charge is 0.481 e. The molecule has 236 valence electrons. The summed E-state index contributed by atoms with van der Waals surface area (Å²) in [6, 6.07) is 14.2. The van der Waals surface area contributed by atoms with Crippen molar-refractivity contribution in [3.05, 3.63) is 87.9 Å². The third-order valence-corrected chi connectivity index (χ3v) is 9.15. The van der Waals surface area contributed by atoms with Crippen molar-refractivity contribution in [2.45, 2.75) is 48.6 Å². The highest BCUT2D eigenvalue weighted by Gasteiger charge is 2.79. The number of nitrogens with zero attached hydrogens (tertiary/aromatic N) is 5. The van der Waals surface area contributed by atoms with E-state index in [1.54, 1.807) is 41.8 Å². The van der Waals surface area contributed by atoms with Crippen molar-refractivity contribution < 1.29 is 39.5 Å². The average molecular weight is 665 g/mol. The molecule has 1 aliphatic heterocycles. The van der Waals surface area contributed by atoms with Crippen LogP contribution in [0.4, 0.5) is 5.82 Å². The van der Waals surface area contributed by atoms with E-state index < -0.39 is 47.7 Å². The monoisotopic (exact) mass is 664 g/mol. The normalized spacial score (nSPS) is 24.8. The van der Waals surface area contributed by atoms with E-state index in [2.05, 4.69) is 19.9 Å². The number of aliphatic hydroxyl groups excluding tert-OH is 1. The minimum Gasteiger partial charge on any atom is -0.481 e. The molecule has 0 bridgehead atoms. The van der Waals surface area contributed by atoms with Crippen LogP contribution in [0.1, 0.15) is 23.0 Å². The Kier molecular flexibility index (Phi) is 7.26. The van der Waals surface area contributed by atoms with E-state index in [9.17, 15) is 30.0 Å². The van der Waals surface area contributed by atoms with Crippen molar-refractivity contribution in [2.24, 2.45) is 0 Å². The van der Waals surface area contributed by atoms with Gasteiger partial charge in [0.2, 0.25) is 10.9 Å². The second-order valence-electron chi connectivity index (χ2n) is 11.1. The third kappa shape index (κ3) is 4.79. The Bertz CT molecular complexity index is 1970. The smallest absolute Gasteiger partial charge is 0.342 e. The van der Waals surface area contributed by atoms with Gasteiger partial charge in [0.25, 0.3) is 0 Å². The first-order chi connectivity index (χ1) is 22.0. The number of carbonyl (C=O) groups is 2. The number of aliphatic carboxylic acids is 2. The number of nitrogens with two attached hydrogens (primary N) is 1. The Morgan fingerprint density at radius 3 is 2.54 bits per heavy atom. The Balaban J connectivity index is 1.16. The molecule has 0 amide bonds. The SMILES string of the molecule is Nc1nc(Cl)nc2c1ncn2[C@@H]1O[C@@H]2C(O[C@@](Cc3ccc(-c4ccccc4CC(=O)O)cc3)(C(=O)O)c3cscn3)[C@]2(O)[C@H]1O. The number of carboxylic acid groups (broad SMARTS) is 2. The molecule has 1 saturated carbocycles. The summed E-state index contributed by atoms with van der Waals surface area (Å²) < 4.78 is 13.6. The van der Waals surface area contributed by atoms with Crippen LogP contribution < -0.4 is 5.73 Å². The zero-order chi connectivity index (χ0) is 32.4. The van der Waals surface area contributed by atoms with Gasteiger partial charge in [-0.25, -0.2) is 14.8 Å². The predicted molar refractivity (Wildman–Crippen MR) is 163 cm³/mol. The Hall–Kier alpha value is -4.51. The molecule has 1 unspecified atom stereocenters. The van der Waals surface area contributed by atoms with Crippen LogP contribution in [0.25, 0.3) is 22.3 Å². The van der Waals surface area contributed by atoms with E-state index in [0.29, 0.717) is 11.1 Å². The second kappa shape index (κ2) is 11.1. The van der Waals surface area contributed by atoms with Gasteiger partial charge in [0.05, 0.1) is 24.0 Å². The van der Waals surface area contributed by atoms with Gasteiger partial charge in [-0.05, 0) is 33.9 Å². The quantitative estimate of drug-likeness (QED) is 0.136. The number of aromatic nitrogens is 5. The molecular formula is C30H25ClN6O8S. The fourth-order valence-electron chi connectivity index (χ4n) is 6.04. The summed E-state index contributed by atoms with van der Waals surface area (Å²) in [5, 5.41) is 44.1. The first-order valence-electron chi connectivity index (χ1n) is 13.9. The molecule has 6 atom stereocenters. The van der Waals surface area contributed by atoms with Gasteiger partial charge in [0.15, 0.2) is 23.3 Å². The minimum atomic E-state index is -2.05. The maximum absolute atomic E-state index is 13.0. The Morgan fingerprint density at radius 2 is 1.89 bits per heavy atom. The molecule has 2 aromatic carbocycles. The number of imidazole rings is 1. The summed E-state index contributed by atoms with van der Waals surface area (Å²) in [5.74, 6) is -2.28. The molecule has 1 saturated heterocycles. The molecule has 4 heterocycles. The van der Waals surface area contributed by atoms with Gasteiger partial charge in [0, 0.05) is 11.8 Å². The van der Waals surface area contributed by atoms with Crippen LogP contribution in [0.2, 0.25) is 5.28 Å². The molecule has 3 aromatic heterocycles. The number of anilines is 1. The number of carboxylic acids is 2. The van der Waals surface area contributed by atoms with E-state index in [1.165, 1.54) is 27.7 Å². The van der Waals surface area contributed by atoms with Crippen LogP contribution in [0.3, 0.4) is 0 Å². The van der Waals surface area contributed by atoms with Gasteiger partial charge in [0.1, 0.15) is 23.8 Å². The predicted octanol–water partition coefficient (Wildman–Crippen LogP) is 2.42. The summed E-state index contributed by atoms with van der Waals surface area (Å²) in [6.07, 6.45) is -4.04. The molecule has 2 fully saturated rings. The highest BCUT2D eigenvalue weighted by atomic mass is 35.5. The first-order valence-corrected chi connectivity index (χ1v) is 15.3. The Morgan fingerprint density at radius 1 is 1.13 bits per heavy atom. The molecule has 6 N–H and O–H groups in total. The van der Waals surface area contributed by atoms with Crippen molar-refractivity contribution in [3.8, 4) is 11.1 Å². The lowest BCUT2D eigenvalue weighted by Gasteiger charge is -2.31. The maximum Gasteiger partial charge on any atom is 0.342 e. The summed E-state index contributed by atoms with van der Waals surface area (Å²) in [7, 11) is 0. The van der Waals surface area contributed by atoms with Crippen molar-refractivity contribution in [1.29, 1.82) is 0 Å². The number of benzene rings is 2. The van der Waals surface area contributed by atoms with Crippen LogP contribution in [0, 0.1) is 0 Å². The third-order valence-electron chi connectivity index (χ3n) is 8.40. The summed E-state index contributed by atoms with van der Waals surface area (Å²) in [6.45, 7) is 0. The van der Waals surface area contributed by atoms with Crippen molar-refractivity contribution in [1.82, 2.24) is 24.5 Å². The summed E-state index contributed by atoms with van der Waals surface area (Å²) >= 11 is 7.15. The second-order valence-corrected chi connectivity index (χ2v) is 12.2.